The zero-order valence-electron chi connectivity index (χ0n) is 20.0. The number of hydrogen-bond acceptors (Lipinski definition) is 2. The molecule has 0 saturated heterocycles. The van der Waals surface area contributed by atoms with Crippen LogP contribution in [0.2, 0.25) is 0 Å². The fourth-order valence-electron chi connectivity index (χ4n) is 5.91. The van der Waals surface area contributed by atoms with Crippen molar-refractivity contribution >= 4 is 22.1 Å². The van der Waals surface area contributed by atoms with Crippen LogP contribution in [0.5, 0.6) is 0 Å². The summed E-state index contributed by atoms with van der Waals surface area (Å²) in [5.41, 5.74) is 14.9. The van der Waals surface area contributed by atoms with Gasteiger partial charge in [-0.3, -0.25) is 4.98 Å². The van der Waals surface area contributed by atoms with E-state index in [4.69, 9.17) is 4.42 Å². The molecular formula is C35H21NO. The van der Waals surface area contributed by atoms with Gasteiger partial charge in [-0.15, -0.1) is 0 Å². The minimum Gasteiger partial charge on any atom is -0.454 e. The van der Waals surface area contributed by atoms with Gasteiger partial charge in [-0.1, -0.05) is 97.1 Å². The molecule has 172 valence electrons. The standard InChI is InChI=1S/C35H21NO/c1-2-10-25-24(9-1)26-11-3-4-12-28(26)30-16-7-15-23(34(30)29-14-6-5-13-27(25)29)22-18-19-32-31(21-22)35-33(37-32)17-8-20-36-35/h1-21H. The topological polar surface area (TPSA) is 26.0 Å². The molecule has 8 rings (SSSR count). The van der Waals surface area contributed by atoms with Gasteiger partial charge in [0.05, 0.1) is 0 Å². The first-order valence-electron chi connectivity index (χ1n) is 12.6. The Balaban J connectivity index is 1.49. The predicted octanol–water partition coefficient (Wildman–Crippen LogP) is 9.63. The highest BCUT2D eigenvalue weighted by Crippen LogP contribution is 2.50. The van der Waals surface area contributed by atoms with Gasteiger partial charge in [-0.2, -0.15) is 0 Å². The van der Waals surface area contributed by atoms with E-state index in [1.807, 2.05) is 18.3 Å². The minimum atomic E-state index is 0.814. The summed E-state index contributed by atoms with van der Waals surface area (Å²) in [4.78, 5) is 4.62. The SMILES string of the molecule is c1ccc2c(c1)-c1ccccc1-c1cccc(-c3ccc4oc5cccnc5c4c3)c1-c1ccccc1-2. The molecule has 2 aromatic heterocycles. The van der Waals surface area contributed by atoms with Gasteiger partial charge in [-0.25, -0.2) is 0 Å². The number of benzene rings is 5. The van der Waals surface area contributed by atoms with Gasteiger partial charge in [0.25, 0.3) is 0 Å². The molecule has 0 saturated carbocycles. The van der Waals surface area contributed by atoms with E-state index in [0.29, 0.717) is 0 Å². The molecule has 37 heavy (non-hydrogen) atoms. The Morgan fingerprint density at radius 2 is 1.00 bits per heavy atom. The zero-order valence-corrected chi connectivity index (χ0v) is 20.0. The van der Waals surface area contributed by atoms with Gasteiger partial charge in [0, 0.05) is 11.6 Å². The lowest BCUT2D eigenvalue weighted by atomic mass is 9.78. The summed E-state index contributed by atoms with van der Waals surface area (Å²) in [7, 11) is 0. The third kappa shape index (κ3) is 2.96. The summed E-state index contributed by atoms with van der Waals surface area (Å²) in [6.45, 7) is 0. The lowest BCUT2D eigenvalue weighted by Crippen LogP contribution is -1.98. The molecule has 2 heteroatoms. The van der Waals surface area contributed by atoms with Gasteiger partial charge in [0.15, 0.2) is 5.58 Å². The van der Waals surface area contributed by atoms with Crippen molar-refractivity contribution in [3.8, 4) is 55.6 Å². The van der Waals surface area contributed by atoms with Gasteiger partial charge in [-0.05, 0) is 79.9 Å². The number of aromatic nitrogens is 1. The lowest BCUT2D eigenvalue weighted by Gasteiger charge is -2.25. The molecule has 0 amide bonds. The van der Waals surface area contributed by atoms with Crippen LogP contribution >= 0.6 is 0 Å². The lowest BCUT2D eigenvalue weighted by molar-refractivity contribution is 0.668. The van der Waals surface area contributed by atoms with E-state index >= 15 is 0 Å². The second kappa shape index (κ2) is 7.78. The van der Waals surface area contributed by atoms with E-state index in [9.17, 15) is 0 Å². The smallest absolute Gasteiger partial charge is 0.153 e. The number of furan rings is 1. The molecule has 2 nitrogen and oxygen atoms in total. The van der Waals surface area contributed by atoms with E-state index in [1.54, 1.807) is 0 Å². The fraction of sp³-hybridized carbons (Fsp3) is 0. The summed E-state index contributed by atoms with van der Waals surface area (Å²) >= 11 is 0. The van der Waals surface area contributed by atoms with Crippen molar-refractivity contribution in [2.24, 2.45) is 0 Å². The average Bonchev–Trinajstić information content (AvgIpc) is 3.34. The van der Waals surface area contributed by atoms with Crippen molar-refractivity contribution in [1.82, 2.24) is 4.98 Å². The summed E-state index contributed by atoms with van der Waals surface area (Å²) < 4.78 is 6.07. The van der Waals surface area contributed by atoms with Crippen LogP contribution in [0.1, 0.15) is 0 Å². The van der Waals surface area contributed by atoms with Gasteiger partial charge in [0.1, 0.15) is 11.1 Å². The third-order valence-corrected chi connectivity index (χ3v) is 7.52. The van der Waals surface area contributed by atoms with Crippen LogP contribution in [0, 0.1) is 0 Å². The van der Waals surface area contributed by atoms with Crippen molar-refractivity contribution in [1.29, 1.82) is 0 Å². The Bertz CT molecular complexity index is 1990. The van der Waals surface area contributed by atoms with E-state index in [-0.39, 0.29) is 0 Å². The molecular weight excluding hydrogens is 450 g/mol. The van der Waals surface area contributed by atoms with Crippen molar-refractivity contribution in [3.05, 3.63) is 128 Å². The molecule has 0 aliphatic heterocycles. The first kappa shape index (κ1) is 20.3. The number of pyridine rings is 1. The second-order valence-corrected chi connectivity index (χ2v) is 9.53. The Kier molecular flexibility index (Phi) is 4.26. The molecule has 0 bridgehead atoms. The number of nitrogens with zero attached hydrogens (tertiary/aromatic N) is 1. The van der Waals surface area contributed by atoms with Crippen LogP contribution in [0.15, 0.2) is 132 Å². The first-order valence-corrected chi connectivity index (χ1v) is 12.6. The highest BCUT2D eigenvalue weighted by atomic mass is 16.3. The molecule has 1 aliphatic carbocycles. The molecule has 0 spiro atoms. The van der Waals surface area contributed by atoms with Crippen LogP contribution < -0.4 is 0 Å². The highest BCUT2D eigenvalue weighted by Gasteiger charge is 2.24. The molecule has 5 aromatic carbocycles. The molecule has 0 fully saturated rings. The van der Waals surface area contributed by atoms with Gasteiger partial charge >= 0.3 is 0 Å². The maximum atomic E-state index is 6.07. The molecule has 0 radical (unpaired) electrons. The van der Waals surface area contributed by atoms with Crippen molar-refractivity contribution < 1.29 is 4.42 Å². The summed E-state index contributed by atoms with van der Waals surface area (Å²) in [5.74, 6) is 0. The van der Waals surface area contributed by atoms with Gasteiger partial charge < -0.3 is 4.42 Å². The highest BCUT2D eigenvalue weighted by molar-refractivity contribution is 6.09. The quantitative estimate of drug-likeness (QED) is 0.238. The Labute approximate surface area is 214 Å². The summed E-state index contributed by atoms with van der Waals surface area (Å²) in [6, 6.07) is 43.4. The van der Waals surface area contributed by atoms with Crippen LogP contribution in [0.3, 0.4) is 0 Å². The third-order valence-electron chi connectivity index (χ3n) is 7.52. The molecule has 0 atom stereocenters. The zero-order chi connectivity index (χ0) is 24.3. The Morgan fingerprint density at radius 1 is 0.432 bits per heavy atom. The van der Waals surface area contributed by atoms with Crippen LogP contribution in [-0.4, -0.2) is 4.98 Å². The van der Waals surface area contributed by atoms with Crippen molar-refractivity contribution in [2.75, 3.05) is 0 Å². The van der Waals surface area contributed by atoms with Crippen molar-refractivity contribution in [2.45, 2.75) is 0 Å². The Morgan fingerprint density at radius 3 is 1.70 bits per heavy atom. The van der Waals surface area contributed by atoms with E-state index in [2.05, 4.69) is 114 Å². The molecule has 7 aromatic rings. The van der Waals surface area contributed by atoms with Crippen LogP contribution in [0.4, 0.5) is 0 Å². The summed E-state index contributed by atoms with van der Waals surface area (Å²) in [5, 5.41) is 1.04. The Hall–Kier alpha value is -4.95. The van der Waals surface area contributed by atoms with Crippen LogP contribution in [0.25, 0.3) is 77.7 Å². The normalized spacial score (nSPS) is 11.8. The second-order valence-electron chi connectivity index (χ2n) is 9.53. The predicted molar refractivity (Wildman–Crippen MR) is 152 cm³/mol. The number of rotatable bonds is 1. The summed E-state index contributed by atoms with van der Waals surface area (Å²) in [6.07, 6.45) is 1.83. The largest absolute Gasteiger partial charge is 0.454 e. The maximum absolute atomic E-state index is 6.07. The number of fused-ring (bicyclic) bond motifs is 11. The molecule has 0 unspecified atom stereocenters. The molecule has 1 aliphatic rings. The maximum Gasteiger partial charge on any atom is 0.153 e. The monoisotopic (exact) mass is 471 g/mol. The van der Waals surface area contributed by atoms with Crippen molar-refractivity contribution in [3.63, 3.8) is 0 Å². The first-order chi connectivity index (χ1) is 18.4. The fourth-order valence-corrected chi connectivity index (χ4v) is 5.91. The van der Waals surface area contributed by atoms with E-state index in [1.165, 1.54) is 50.1 Å². The molecule has 2 heterocycles. The van der Waals surface area contributed by atoms with Crippen LogP contribution in [-0.2, 0) is 0 Å². The average molecular weight is 472 g/mol. The van der Waals surface area contributed by atoms with E-state index in [0.717, 1.165) is 27.6 Å². The number of hydrogen-bond donors (Lipinski definition) is 0. The minimum absolute atomic E-state index is 0.814. The van der Waals surface area contributed by atoms with E-state index < -0.39 is 0 Å². The molecule has 0 N–H and O–H groups in total. The van der Waals surface area contributed by atoms with Gasteiger partial charge in [0.2, 0.25) is 0 Å².